The monoisotopic (exact) mass is 449 g/mol. The molecule has 1 aliphatic heterocycles. The second kappa shape index (κ2) is 9.01. The van der Waals surface area contributed by atoms with Gasteiger partial charge in [0.05, 0.1) is 12.4 Å². The predicted molar refractivity (Wildman–Crippen MR) is 117 cm³/mol. The molecular formula is C24H24FN5O3. The van der Waals surface area contributed by atoms with Crippen LogP contribution in [0.4, 0.5) is 4.39 Å². The summed E-state index contributed by atoms with van der Waals surface area (Å²) in [6.45, 7) is 3.32. The van der Waals surface area contributed by atoms with Crippen LogP contribution < -0.4 is 0 Å². The quantitative estimate of drug-likeness (QED) is 0.426. The fourth-order valence-corrected chi connectivity index (χ4v) is 4.16. The number of hydrogen-bond acceptors (Lipinski definition) is 6. The third kappa shape index (κ3) is 4.44. The summed E-state index contributed by atoms with van der Waals surface area (Å²) in [5.74, 6) is 0.755. The van der Waals surface area contributed by atoms with E-state index in [-0.39, 0.29) is 23.5 Å². The van der Waals surface area contributed by atoms with Crippen molar-refractivity contribution in [1.82, 2.24) is 24.8 Å². The largest absolute Gasteiger partial charge is 0.443 e. The second-order valence-corrected chi connectivity index (χ2v) is 8.14. The van der Waals surface area contributed by atoms with Gasteiger partial charge in [0.15, 0.2) is 0 Å². The van der Waals surface area contributed by atoms with Crippen LogP contribution in [-0.4, -0.2) is 37.3 Å². The maximum Gasteiger partial charge on any atom is 0.293 e. The van der Waals surface area contributed by atoms with Crippen molar-refractivity contribution < 1.29 is 18.1 Å². The number of rotatable bonds is 6. The van der Waals surface area contributed by atoms with E-state index in [2.05, 4.69) is 15.2 Å². The van der Waals surface area contributed by atoms with Crippen LogP contribution >= 0.6 is 0 Å². The molecule has 4 heterocycles. The van der Waals surface area contributed by atoms with Crippen LogP contribution in [-0.2, 0) is 13.0 Å². The van der Waals surface area contributed by atoms with Crippen molar-refractivity contribution in [2.24, 2.45) is 0 Å². The summed E-state index contributed by atoms with van der Waals surface area (Å²) < 4.78 is 26.7. The molecule has 1 saturated heterocycles. The molecular weight excluding hydrogens is 425 g/mol. The molecule has 0 N–H and O–H groups in total. The Kier molecular flexibility index (Phi) is 5.77. The van der Waals surface area contributed by atoms with Gasteiger partial charge in [-0.05, 0) is 43.9 Å². The fourth-order valence-electron chi connectivity index (χ4n) is 4.16. The Balaban J connectivity index is 1.34. The van der Waals surface area contributed by atoms with Gasteiger partial charge in [0.1, 0.15) is 23.3 Å². The number of carbonyl (C=O) groups is 1. The highest BCUT2D eigenvalue weighted by atomic mass is 19.1. The summed E-state index contributed by atoms with van der Waals surface area (Å²) in [4.78, 5) is 19.5. The molecule has 3 aromatic heterocycles. The maximum absolute atomic E-state index is 13.5. The van der Waals surface area contributed by atoms with E-state index in [0.717, 1.165) is 36.9 Å². The van der Waals surface area contributed by atoms with Gasteiger partial charge in [0.2, 0.25) is 11.7 Å². The van der Waals surface area contributed by atoms with Crippen LogP contribution in [0, 0.1) is 5.82 Å². The van der Waals surface area contributed by atoms with Crippen LogP contribution in [0.3, 0.4) is 0 Å². The Labute approximate surface area is 190 Å². The highest BCUT2D eigenvalue weighted by molar-refractivity contribution is 5.92. The maximum atomic E-state index is 13.5. The second-order valence-electron chi connectivity index (χ2n) is 8.14. The van der Waals surface area contributed by atoms with Crippen LogP contribution in [0.1, 0.15) is 60.0 Å². The molecule has 1 unspecified atom stereocenters. The summed E-state index contributed by atoms with van der Waals surface area (Å²) >= 11 is 0. The number of halogens is 1. The van der Waals surface area contributed by atoms with Gasteiger partial charge in [0, 0.05) is 37.3 Å². The van der Waals surface area contributed by atoms with Gasteiger partial charge in [-0.25, -0.2) is 9.37 Å². The summed E-state index contributed by atoms with van der Waals surface area (Å²) in [6.07, 6.45) is 8.25. The van der Waals surface area contributed by atoms with Crippen molar-refractivity contribution in [1.29, 1.82) is 0 Å². The smallest absolute Gasteiger partial charge is 0.293 e. The zero-order valence-corrected chi connectivity index (χ0v) is 18.3. The van der Waals surface area contributed by atoms with Gasteiger partial charge in [-0.3, -0.25) is 9.48 Å². The number of oxazole rings is 1. The summed E-state index contributed by atoms with van der Waals surface area (Å²) in [5, 5.41) is 8.30. The van der Waals surface area contributed by atoms with Gasteiger partial charge in [0.25, 0.3) is 5.91 Å². The Bertz CT molecular complexity index is 1260. The molecule has 1 atom stereocenters. The summed E-state index contributed by atoms with van der Waals surface area (Å²) in [5.41, 5.74) is 2.17. The highest BCUT2D eigenvalue weighted by Gasteiger charge is 2.34. The van der Waals surface area contributed by atoms with E-state index in [1.54, 1.807) is 34.1 Å². The van der Waals surface area contributed by atoms with Crippen molar-refractivity contribution in [3.05, 3.63) is 77.7 Å². The minimum Gasteiger partial charge on any atom is -0.443 e. The van der Waals surface area contributed by atoms with Crippen molar-refractivity contribution in [3.8, 4) is 11.3 Å². The third-order valence-corrected chi connectivity index (χ3v) is 5.86. The van der Waals surface area contributed by atoms with Crippen molar-refractivity contribution >= 4 is 5.91 Å². The molecule has 0 aliphatic carbocycles. The van der Waals surface area contributed by atoms with Gasteiger partial charge < -0.3 is 13.8 Å². The molecule has 1 aromatic carbocycles. The topological polar surface area (TPSA) is 90.2 Å². The highest BCUT2D eigenvalue weighted by Crippen LogP contribution is 2.33. The lowest BCUT2D eigenvalue weighted by molar-refractivity contribution is 0.0528. The fraction of sp³-hybridized carbons (Fsp3) is 0.333. The predicted octanol–water partition coefficient (Wildman–Crippen LogP) is 4.64. The number of aromatic nitrogens is 4. The molecule has 170 valence electrons. The number of amides is 1. The third-order valence-electron chi connectivity index (χ3n) is 5.86. The molecule has 1 fully saturated rings. The molecule has 5 rings (SSSR count). The van der Waals surface area contributed by atoms with Crippen molar-refractivity contribution in [2.75, 3.05) is 6.54 Å². The molecule has 0 saturated carbocycles. The first kappa shape index (κ1) is 21.1. The van der Waals surface area contributed by atoms with E-state index in [1.807, 2.05) is 19.2 Å². The van der Waals surface area contributed by atoms with Crippen LogP contribution in [0.5, 0.6) is 0 Å². The number of piperidine rings is 1. The van der Waals surface area contributed by atoms with Crippen LogP contribution in [0.25, 0.3) is 11.3 Å². The zero-order valence-electron chi connectivity index (χ0n) is 18.3. The van der Waals surface area contributed by atoms with Crippen LogP contribution in [0.2, 0.25) is 0 Å². The van der Waals surface area contributed by atoms with Gasteiger partial charge in [-0.15, -0.1) is 0 Å². The molecule has 9 heteroatoms. The summed E-state index contributed by atoms with van der Waals surface area (Å²) in [7, 11) is 0. The lowest BCUT2D eigenvalue weighted by Crippen LogP contribution is -2.38. The standard InChI is InChI=1S/C24H24FN5O3/c1-2-29-15-17(13-27-29)20-12-22(33-28-20)24(31)30-9-4-3-8-21(30)23-26-14-19(32-23)11-16-6-5-7-18(25)10-16/h5-7,10,12-15,21H,2-4,8-9,11H2,1H3. The average Bonchev–Trinajstić information content (AvgIpc) is 3.59. The lowest BCUT2D eigenvalue weighted by Gasteiger charge is -2.32. The number of benzene rings is 1. The van der Waals surface area contributed by atoms with Crippen molar-refractivity contribution in [2.45, 2.75) is 45.2 Å². The van der Waals surface area contributed by atoms with Gasteiger partial charge in [-0.1, -0.05) is 17.3 Å². The van der Waals surface area contributed by atoms with Gasteiger partial charge in [-0.2, -0.15) is 5.10 Å². The minimum absolute atomic E-state index is 0.174. The Hall–Kier alpha value is -3.75. The minimum atomic E-state index is -0.288. The average molecular weight is 449 g/mol. The molecule has 0 bridgehead atoms. The first-order valence-corrected chi connectivity index (χ1v) is 11.1. The van der Waals surface area contributed by atoms with Crippen LogP contribution in [0.15, 0.2) is 57.9 Å². The number of likely N-dealkylation sites (tertiary alicyclic amines) is 1. The Morgan fingerprint density at radius 1 is 1.24 bits per heavy atom. The van der Waals surface area contributed by atoms with Crippen molar-refractivity contribution in [3.63, 3.8) is 0 Å². The van der Waals surface area contributed by atoms with E-state index < -0.39 is 0 Å². The molecule has 4 aromatic rings. The van der Waals surface area contributed by atoms with E-state index in [1.165, 1.54) is 12.1 Å². The first-order chi connectivity index (χ1) is 16.1. The van der Waals surface area contributed by atoms with E-state index in [9.17, 15) is 9.18 Å². The summed E-state index contributed by atoms with van der Waals surface area (Å²) in [6, 6.07) is 7.76. The number of hydrogen-bond donors (Lipinski definition) is 0. The van der Waals surface area contributed by atoms with E-state index >= 15 is 0 Å². The Morgan fingerprint density at radius 2 is 2.15 bits per heavy atom. The first-order valence-electron chi connectivity index (χ1n) is 11.1. The molecule has 8 nitrogen and oxygen atoms in total. The molecule has 0 spiro atoms. The Morgan fingerprint density at radius 3 is 2.97 bits per heavy atom. The normalized spacial score (nSPS) is 16.3. The van der Waals surface area contributed by atoms with E-state index in [4.69, 9.17) is 8.94 Å². The molecule has 33 heavy (non-hydrogen) atoms. The number of carbonyl (C=O) groups excluding carboxylic acids is 1. The van der Waals surface area contributed by atoms with E-state index in [0.29, 0.717) is 30.3 Å². The van der Waals surface area contributed by atoms with Gasteiger partial charge >= 0.3 is 0 Å². The SMILES string of the molecule is CCn1cc(-c2cc(C(=O)N3CCCCC3c3ncc(Cc4cccc(F)c4)o3)on2)cn1. The lowest BCUT2D eigenvalue weighted by atomic mass is 10.0. The number of nitrogens with zero attached hydrogens (tertiary/aromatic N) is 5. The molecule has 1 amide bonds. The zero-order chi connectivity index (χ0) is 22.8. The molecule has 1 aliphatic rings. The molecule has 0 radical (unpaired) electrons. The number of aryl methyl sites for hydroxylation is 1.